The van der Waals surface area contributed by atoms with Crippen molar-refractivity contribution in [2.24, 2.45) is 11.7 Å². The van der Waals surface area contributed by atoms with Crippen LogP contribution in [0.5, 0.6) is 0 Å². The van der Waals surface area contributed by atoms with Gasteiger partial charge >= 0.3 is 0 Å². The van der Waals surface area contributed by atoms with Crippen LogP contribution in [-0.4, -0.2) is 30.4 Å². The largest absolute Gasteiger partial charge is 0.369 e. The summed E-state index contributed by atoms with van der Waals surface area (Å²) in [7, 11) is 4.31. The maximum atomic E-state index is 11.4. The lowest BCUT2D eigenvalue weighted by Gasteiger charge is -2.45. The van der Waals surface area contributed by atoms with Crippen molar-refractivity contribution in [3.05, 3.63) is 35.4 Å². The molecule has 2 rings (SSSR count). The molecule has 0 aliphatic heterocycles. The highest BCUT2D eigenvalue weighted by molar-refractivity contribution is 5.76. The maximum Gasteiger partial charge on any atom is 0.220 e. The summed E-state index contributed by atoms with van der Waals surface area (Å²) in [6, 6.07) is 8.60. The third-order valence-corrected chi connectivity index (χ3v) is 5.05. The average Bonchev–Trinajstić information content (AvgIpc) is 2.42. The molecule has 20 heavy (non-hydrogen) atoms. The summed E-state index contributed by atoms with van der Waals surface area (Å²) in [4.78, 5) is 13.7. The zero-order chi connectivity index (χ0) is 14.8. The fourth-order valence-electron chi connectivity index (χ4n) is 3.38. The van der Waals surface area contributed by atoms with Crippen LogP contribution < -0.4 is 5.73 Å². The Hall–Kier alpha value is -1.35. The van der Waals surface area contributed by atoms with Crippen molar-refractivity contribution in [2.45, 2.75) is 44.6 Å². The summed E-state index contributed by atoms with van der Waals surface area (Å²) < 4.78 is 0. The summed E-state index contributed by atoms with van der Waals surface area (Å²) in [6.45, 7) is 2.17. The maximum absolute atomic E-state index is 11.4. The number of hydrogen-bond donors (Lipinski definition) is 1. The van der Waals surface area contributed by atoms with E-state index in [0.717, 1.165) is 32.1 Å². The van der Waals surface area contributed by atoms with Crippen LogP contribution in [0.25, 0.3) is 0 Å². The van der Waals surface area contributed by atoms with Crippen LogP contribution in [0.15, 0.2) is 24.3 Å². The van der Waals surface area contributed by atoms with Crippen LogP contribution in [0.1, 0.15) is 36.8 Å². The first kappa shape index (κ1) is 15.0. The topological polar surface area (TPSA) is 46.3 Å². The highest BCUT2D eigenvalue weighted by atomic mass is 16.1. The number of aryl methyl sites for hydroxylation is 1. The van der Waals surface area contributed by atoms with Crippen LogP contribution in [0, 0.1) is 12.8 Å². The predicted octanol–water partition coefficient (Wildman–Crippen LogP) is 2.51. The molecule has 0 heterocycles. The number of hydrogen-bond acceptors (Lipinski definition) is 2. The van der Waals surface area contributed by atoms with Crippen molar-refractivity contribution < 1.29 is 4.79 Å². The monoisotopic (exact) mass is 274 g/mol. The molecule has 3 nitrogen and oxygen atoms in total. The number of amides is 1. The molecule has 0 aromatic heterocycles. The molecule has 1 aliphatic carbocycles. The van der Waals surface area contributed by atoms with Crippen molar-refractivity contribution in [3.8, 4) is 0 Å². The zero-order valence-electron chi connectivity index (χ0n) is 12.9. The van der Waals surface area contributed by atoms with Gasteiger partial charge in [0.15, 0.2) is 0 Å². The van der Waals surface area contributed by atoms with E-state index in [9.17, 15) is 4.79 Å². The van der Waals surface area contributed by atoms with Crippen molar-refractivity contribution in [1.29, 1.82) is 0 Å². The molecule has 3 heteroatoms. The quantitative estimate of drug-likeness (QED) is 0.917. The Balaban J connectivity index is 2.16. The molecule has 1 aromatic rings. The fraction of sp³-hybridized carbons (Fsp3) is 0.588. The second-order valence-electron chi connectivity index (χ2n) is 6.40. The Morgan fingerprint density at radius 2 is 1.90 bits per heavy atom. The van der Waals surface area contributed by atoms with Gasteiger partial charge in [0.2, 0.25) is 5.91 Å². The molecule has 1 aliphatic rings. The second-order valence-corrected chi connectivity index (χ2v) is 6.40. The Labute approximate surface area is 122 Å². The Kier molecular flexibility index (Phi) is 4.48. The van der Waals surface area contributed by atoms with E-state index in [1.165, 1.54) is 11.1 Å². The van der Waals surface area contributed by atoms with Crippen molar-refractivity contribution >= 4 is 5.91 Å². The molecular weight excluding hydrogens is 248 g/mol. The smallest absolute Gasteiger partial charge is 0.220 e. The molecule has 1 amide bonds. The molecule has 0 radical (unpaired) electrons. The van der Waals surface area contributed by atoms with E-state index in [0.29, 0.717) is 0 Å². The van der Waals surface area contributed by atoms with Gasteiger partial charge < -0.3 is 10.6 Å². The highest BCUT2D eigenvalue weighted by Crippen LogP contribution is 2.38. The first-order chi connectivity index (χ1) is 9.44. The molecule has 1 fully saturated rings. The van der Waals surface area contributed by atoms with E-state index in [1.807, 2.05) is 0 Å². The number of carbonyl (C=O) groups is 1. The summed E-state index contributed by atoms with van der Waals surface area (Å²) in [5, 5.41) is 0. The molecule has 0 bridgehead atoms. The second kappa shape index (κ2) is 5.96. The number of likely N-dealkylation sites (N-methyl/N-ethyl adjacent to an activating group) is 1. The predicted molar refractivity (Wildman–Crippen MR) is 82.5 cm³/mol. The molecule has 1 saturated carbocycles. The van der Waals surface area contributed by atoms with Gasteiger partial charge in [-0.05, 0) is 64.3 Å². The van der Waals surface area contributed by atoms with Crippen LogP contribution in [0.3, 0.4) is 0 Å². The van der Waals surface area contributed by atoms with Crippen molar-refractivity contribution in [2.75, 3.05) is 14.1 Å². The van der Waals surface area contributed by atoms with Gasteiger partial charge in [-0.2, -0.15) is 0 Å². The van der Waals surface area contributed by atoms with Crippen molar-refractivity contribution in [1.82, 2.24) is 4.90 Å². The van der Waals surface area contributed by atoms with E-state index < -0.39 is 0 Å². The standard InChI is InChI=1S/C17H26N2O/c1-13-6-4-5-7-15(13)12-17(19(2)3)10-8-14(9-11-17)16(18)20/h4-7,14H,8-12H2,1-3H3,(H2,18,20). The van der Waals surface area contributed by atoms with Crippen molar-refractivity contribution in [3.63, 3.8) is 0 Å². The van der Waals surface area contributed by atoms with Gasteiger partial charge in [0, 0.05) is 11.5 Å². The Morgan fingerprint density at radius 3 is 2.40 bits per heavy atom. The number of carbonyl (C=O) groups excluding carboxylic acids is 1. The minimum absolute atomic E-state index is 0.0694. The van der Waals surface area contributed by atoms with E-state index in [2.05, 4.69) is 50.2 Å². The molecule has 110 valence electrons. The first-order valence-corrected chi connectivity index (χ1v) is 7.46. The number of rotatable bonds is 4. The first-order valence-electron chi connectivity index (χ1n) is 7.46. The minimum atomic E-state index is -0.131. The Bertz CT molecular complexity index is 474. The van der Waals surface area contributed by atoms with E-state index >= 15 is 0 Å². The molecule has 0 spiro atoms. The van der Waals surface area contributed by atoms with Gasteiger partial charge in [-0.25, -0.2) is 0 Å². The fourth-order valence-corrected chi connectivity index (χ4v) is 3.38. The third-order valence-electron chi connectivity index (χ3n) is 5.05. The summed E-state index contributed by atoms with van der Waals surface area (Å²) in [6.07, 6.45) is 4.97. The number of nitrogens with two attached hydrogens (primary N) is 1. The number of primary amides is 1. The highest BCUT2D eigenvalue weighted by Gasteiger charge is 2.38. The van der Waals surface area contributed by atoms with Gasteiger partial charge in [-0.1, -0.05) is 24.3 Å². The van der Waals surface area contributed by atoms with Gasteiger partial charge in [-0.15, -0.1) is 0 Å². The van der Waals surface area contributed by atoms with Crippen LogP contribution >= 0.6 is 0 Å². The number of nitrogens with zero attached hydrogens (tertiary/aromatic N) is 1. The zero-order valence-corrected chi connectivity index (χ0v) is 12.9. The van der Waals surface area contributed by atoms with Crippen LogP contribution in [0.2, 0.25) is 0 Å². The van der Waals surface area contributed by atoms with Gasteiger partial charge in [0.25, 0.3) is 0 Å². The van der Waals surface area contributed by atoms with Crippen LogP contribution in [-0.2, 0) is 11.2 Å². The van der Waals surface area contributed by atoms with E-state index in [4.69, 9.17) is 5.73 Å². The molecule has 0 atom stereocenters. The van der Waals surface area contributed by atoms with Crippen LogP contribution in [0.4, 0.5) is 0 Å². The molecule has 2 N–H and O–H groups in total. The summed E-state index contributed by atoms with van der Waals surface area (Å²) in [5.74, 6) is -0.0619. The van der Waals surface area contributed by atoms with E-state index in [-0.39, 0.29) is 17.4 Å². The molecular formula is C17H26N2O. The summed E-state index contributed by atoms with van der Waals surface area (Å²) in [5.41, 5.74) is 8.39. The average molecular weight is 274 g/mol. The van der Waals surface area contributed by atoms with Gasteiger partial charge in [0.05, 0.1) is 0 Å². The molecule has 0 unspecified atom stereocenters. The number of benzene rings is 1. The lowest BCUT2D eigenvalue weighted by molar-refractivity contribution is -0.123. The molecule has 0 saturated heterocycles. The normalized spacial score (nSPS) is 26.7. The lowest BCUT2D eigenvalue weighted by Crippen LogP contribution is -2.50. The molecule has 1 aromatic carbocycles. The third kappa shape index (κ3) is 3.04. The minimum Gasteiger partial charge on any atom is -0.369 e. The van der Waals surface area contributed by atoms with Gasteiger partial charge in [0.1, 0.15) is 0 Å². The Morgan fingerprint density at radius 1 is 1.30 bits per heavy atom. The lowest BCUT2D eigenvalue weighted by atomic mass is 9.72. The summed E-state index contributed by atoms with van der Waals surface area (Å²) >= 11 is 0. The van der Waals surface area contributed by atoms with Gasteiger partial charge in [-0.3, -0.25) is 4.79 Å². The van der Waals surface area contributed by atoms with E-state index in [1.54, 1.807) is 0 Å². The SMILES string of the molecule is Cc1ccccc1CC1(N(C)C)CCC(C(N)=O)CC1.